The second-order valence-corrected chi connectivity index (χ2v) is 30.4. The Morgan fingerprint density at radius 1 is 0.315 bits per heavy atom. The Balaban J connectivity index is 5.17. The number of unbranched alkanes of at least 4 members (excludes halogenated alkanes) is 38. The van der Waals surface area contributed by atoms with Crippen molar-refractivity contribution in [2.75, 3.05) is 39.6 Å². The fourth-order valence-corrected chi connectivity index (χ4v) is 12.6. The minimum atomic E-state index is -4.95. The van der Waals surface area contributed by atoms with Gasteiger partial charge in [-0.05, 0) is 43.4 Å². The maximum atomic E-state index is 13.0. The zero-order chi connectivity index (χ0) is 68.0. The van der Waals surface area contributed by atoms with E-state index in [0.717, 1.165) is 102 Å². The number of hydrogen-bond donors (Lipinski definition) is 3. The van der Waals surface area contributed by atoms with Crippen molar-refractivity contribution in [3.05, 3.63) is 0 Å². The molecule has 546 valence electrons. The fourth-order valence-electron chi connectivity index (χ4n) is 11.0. The van der Waals surface area contributed by atoms with Crippen molar-refractivity contribution >= 4 is 39.5 Å². The van der Waals surface area contributed by atoms with Crippen LogP contribution in [0.25, 0.3) is 0 Å². The van der Waals surface area contributed by atoms with Gasteiger partial charge in [-0.3, -0.25) is 37.3 Å². The summed E-state index contributed by atoms with van der Waals surface area (Å²) in [6.45, 7) is 11.8. The molecule has 0 aliphatic heterocycles. The highest BCUT2D eigenvalue weighted by Gasteiger charge is 2.30. The molecular weight excluding hydrogens is 1210 g/mol. The van der Waals surface area contributed by atoms with Crippen molar-refractivity contribution in [3.63, 3.8) is 0 Å². The van der Waals surface area contributed by atoms with Crippen molar-refractivity contribution in [2.45, 2.75) is 388 Å². The number of ether oxygens (including phenoxy) is 4. The van der Waals surface area contributed by atoms with Gasteiger partial charge in [0.25, 0.3) is 0 Å². The van der Waals surface area contributed by atoms with E-state index in [1.807, 2.05) is 0 Å². The number of esters is 4. The lowest BCUT2D eigenvalue weighted by Crippen LogP contribution is -2.30. The highest BCUT2D eigenvalue weighted by molar-refractivity contribution is 7.47. The summed E-state index contributed by atoms with van der Waals surface area (Å²) in [6.07, 6.45) is 48.8. The summed E-state index contributed by atoms with van der Waals surface area (Å²) in [4.78, 5) is 72.5. The van der Waals surface area contributed by atoms with Gasteiger partial charge in [-0.2, -0.15) is 0 Å². The average molecular weight is 1350 g/mol. The molecule has 0 heterocycles. The molecule has 0 fully saturated rings. The van der Waals surface area contributed by atoms with Crippen LogP contribution >= 0.6 is 15.6 Å². The highest BCUT2D eigenvalue weighted by atomic mass is 31.2. The molecule has 0 aliphatic carbocycles. The smallest absolute Gasteiger partial charge is 0.462 e. The second kappa shape index (κ2) is 63.8. The van der Waals surface area contributed by atoms with E-state index in [1.165, 1.54) is 180 Å². The van der Waals surface area contributed by atoms with E-state index in [1.54, 1.807) is 0 Å². The third kappa shape index (κ3) is 65.4. The topological polar surface area (TPSA) is 237 Å². The van der Waals surface area contributed by atoms with Crippen LogP contribution in [0.15, 0.2) is 0 Å². The zero-order valence-electron chi connectivity index (χ0n) is 60.0. The third-order valence-electron chi connectivity index (χ3n) is 17.2. The largest absolute Gasteiger partial charge is 0.472 e. The minimum absolute atomic E-state index is 0.103. The van der Waals surface area contributed by atoms with Gasteiger partial charge in [-0.1, -0.05) is 318 Å². The fraction of sp³-hybridized carbons (Fsp3) is 0.945. The van der Waals surface area contributed by atoms with E-state index in [4.69, 9.17) is 37.0 Å². The van der Waals surface area contributed by atoms with Gasteiger partial charge in [0, 0.05) is 25.7 Å². The van der Waals surface area contributed by atoms with Crippen molar-refractivity contribution in [2.24, 2.45) is 17.8 Å². The molecule has 0 saturated heterocycles. The van der Waals surface area contributed by atoms with Gasteiger partial charge >= 0.3 is 39.5 Å². The highest BCUT2D eigenvalue weighted by Crippen LogP contribution is 2.45. The lowest BCUT2D eigenvalue weighted by atomic mass is 9.99. The van der Waals surface area contributed by atoms with Crippen molar-refractivity contribution in [1.29, 1.82) is 0 Å². The van der Waals surface area contributed by atoms with Crippen LogP contribution in [0.5, 0.6) is 0 Å². The molecular formula is C73H142O17P2. The van der Waals surface area contributed by atoms with Gasteiger partial charge in [-0.25, -0.2) is 9.13 Å². The van der Waals surface area contributed by atoms with Crippen molar-refractivity contribution in [1.82, 2.24) is 0 Å². The van der Waals surface area contributed by atoms with Crippen LogP contribution in [0.4, 0.5) is 0 Å². The molecule has 0 radical (unpaired) electrons. The molecule has 3 unspecified atom stereocenters. The van der Waals surface area contributed by atoms with Crippen LogP contribution in [0.3, 0.4) is 0 Å². The summed E-state index contributed by atoms with van der Waals surface area (Å²) in [5.74, 6) is 0.167. The first-order valence-electron chi connectivity index (χ1n) is 37.9. The third-order valence-corrected chi connectivity index (χ3v) is 19.1. The van der Waals surface area contributed by atoms with E-state index in [-0.39, 0.29) is 25.7 Å². The Labute approximate surface area is 562 Å². The van der Waals surface area contributed by atoms with Gasteiger partial charge in [0.15, 0.2) is 12.2 Å². The first-order chi connectivity index (χ1) is 44.3. The van der Waals surface area contributed by atoms with Gasteiger partial charge in [0.05, 0.1) is 26.4 Å². The molecule has 0 bridgehead atoms. The molecule has 19 heteroatoms. The summed E-state index contributed by atoms with van der Waals surface area (Å²) >= 11 is 0. The van der Waals surface area contributed by atoms with E-state index in [2.05, 4.69) is 48.5 Å². The van der Waals surface area contributed by atoms with Gasteiger partial charge in [0.2, 0.25) is 0 Å². The number of hydrogen-bond acceptors (Lipinski definition) is 15. The number of carbonyl (C=O) groups is 4. The van der Waals surface area contributed by atoms with E-state index in [0.29, 0.717) is 31.6 Å². The summed E-state index contributed by atoms with van der Waals surface area (Å²) in [5.41, 5.74) is 0. The molecule has 0 saturated carbocycles. The second-order valence-electron chi connectivity index (χ2n) is 27.5. The molecule has 17 nitrogen and oxygen atoms in total. The molecule has 0 rings (SSSR count). The summed E-state index contributed by atoms with van der Waals surface area (Å²) in [7, 11) is -9.90. The maximum Gasteiger partial charge on any atom is 0.472 e. The predicted molar refractivity (Wildman–Crippen MR) is 372 cm³/mol. The van der Waals surface area contributed by atoms with E-state index in [9.17, 15) is 43.2 Å². The first kappa shape index (κ1) is 90.1. The van der Waals surface area contributed by atoms with Gasteiger partial charge in [-0.15, -0.1) is 0 Å². The van der Waals surface area contributed by atoms with Crippen LogP contribution in [-0.2, 0) is 65.4 Å². The van der Waals surface area contributed by atoms with Crippen LogP contribution in [0.1, 0.15) is 370 Å². The van der Waals surface area contributed by atoms with Crippen LogP contribution < -0.4 is 0 Å². The molecule has 0 aromatic rings. The van der Waals surface area contributed by atoms with Crippen molar-refractivity contribution in [3.8, 4) is 0 Å². The number of aliphatic hydroxyl groups is 1. The summed E-state index contributed by atoms with van der Waals surface area (Å²) in [5, 5.41) is 10.6. The predicted octanol–water partition coefficient (Wildman–Crippen LogP) is 21.0. The van der Waals surface area contributed by atoms with E-state index >= 15 is 0 Å². The molecule has 92 heavy (non-hydrogen) atoms. The number of phosphoric ester groups is 2. The number of phosphoric acid groups is 2. The Kier molecular flexibility index (Phi) is 62.4. The van der Waals surface area contributed by atoms with Crippen molar-refractivity contribution < 1.29 is 80.2 Å². The Morgan fingerprint density at radius 2 is 0.554 bits per heavy atom. The normalized spacial score (nSPS) is 14.4. The van der Waals surface area contributed by atoms with Crippen LogP contribution in [0, 0.1) is 17.8 Å². The maximum absolute atomic E-state index is 13.0. The van der Waals surface area contributed by atoms with Crippen LogP contribution in [-0.4, -0.2) is 96.7 Å². The standard InChI is InChI=1S/C73H142O17P2/c1-8-10-11-12-13-24-33-40-47-54-70(75)83-61-69(90-73(78)57-50-43-36-29-31-38-45-52-65(5)6)63-88-92(81,82)86-59-67(74)58-85-91(79,80)87-62-68(60-84-71(76)55-48-41-34-28-27-32-39-46-53-66(7)9-2)89-72(77)56-49-42-35-26-23-21-19-17-15-14-16-18-20-22-25-30-37-44-51-64(3)4/h64-69,74H,8-63H2,1-7H3,(H,79,80)(H,81,82)/t66?,67-,68-,69-/m1/s1. The average Bonchev–Trinajstić information content (AvgIpc) is 2.09. The monoisotopic (exact) mass is 1350 g/mol. The Hall–Kier alpha value is -1.94. The van der Waals surface area contributed by atoms with Gasteiger partial charge in [0.1, 0.15) is 19.3 Å². The molecule has 0 amide bonds. The lowest BCUT2D eigenvalue weighted by molar-refractivity contribution is -0.161. The SMILES string of the molecule is CCCCCCCCCCCC(=O)OC[C@H](COP(=O)(O)OC[C@H](O)COP(=O)(O)OC[C@@H](COC(=O)CCCCCCCCCCC(C)CC)OC(=O)CCCCCCCCCCCCCCCCCCCCC(C)C)OC(=O)CCCCCCCCCC(C)C. The molecule has 0 spiro atoms. The summed E-state index contributed by atoms with van der Waals surface area (Å²) in [6, 6.07) is 0. The number of carbonyl (C=O) groups excluding carboxylic acids is 4. The quantitative estimate of drug-likeness (QED) is 0.0222. The molecule has 0 aromatic carbocycles. The minimum Gasteiger partial charge on any atom is -0.462 e. The number of aliphatic hydroxyl groups excluding tert-OH is 1. The molecule has 0 aromatic heterocycles. The summed E-state index contributed by atoms with van der Waals surface area (Å²) < 4.78 is 68.3. The number of rotatable bonds is 71. The zero-order valence-corrected chi connectivity index (χ0v) is 61.8. The Morgan fingerprint density at radius 3 is 0.826 bits per heavy atom. The van der Waals surface area contributed by atoms with Gasteiger partial charge < -0.3 is 33.8 Å². The molecule has 6 atom stereocenters. The van der Waals surface area contributed by atoms with E-state index < -0.39 is 97.5 Å². The first-order valence-corrected chi connectivity index (χ1v) is 40.9. The lowest BCUT2D eigenvalue weighted by Gasteiger charge is -2.21. The Bertz CT molecular complexity index is 1800. The molecule has 3 N–H and O–H groups in total. The molecule has 0 aliphatic rings. The van der Waals surface area contributed by atoms with Crippen LogP contribution in [0.2, 0.25) is 0 Å².